The molecule has 0 aliphatic carbocycles. The van der Waals surface area contributed by atoms with Crippen molar-refractivity contribution in [3.8, 4) is 5.75 Å². The highest BCUT2D eigenvalue weighted by Crippen LogP contribution is 2.47. The van der Waals surface area contributed by atoms with Crippen molar-refractivity contribution in [1.29, 1.82) is 0 Å². The number of amides is 1. The Bertz CT molecular complexity index is 2260. The van der Waals surface area contributed by atoms with Crippen LogP contribution in [-0.2, 0) is 26.6 Å². The van der Waals surface area contributed by atoms with Crippen LogP contribution in [0.1, 0.15) is 47.8 Å². The second-order valence-corrected chi connectivity index (χ2v) is 22.3. The quantitative estimate of drug-likeness (QED) is 0.218. The fraction of sp³-hybridized carbons (Fsp3) is 0.265. The maximum Gasteiger partial charge on any atom is 0.268 e. The molecule has 4 aromatic carbocycles. The number of hydrogen-bond acceptors (Lipinski definition) is 6. The minimum absolute atomic E-state index is 0.0155. The molecule has 1 N–H and O–H groups in total. The Balaban J connectivity index is 1.77. The van der Waals surface area contributed by atoms with Crippen molar-refractivity contribution in [1.82, 2.24) is 8.28 Å². The van der Waals surface area contributed by atoms with E-state index in [1.54, 1.807) is 48.5 Å². The van der Waals surface area contributed by atoms with Gasteiger partial charge in [-0.2, -0.15) is 0 Å². The Morgan fingerprint density at radius 1 is 0.778 bits per heavy atom. The van der Waals surface area contributed by atoms with Gasteiger partial charge in [0.15, 0.2) is 0 Å². The number of aromatic nitrogens is 1. The number of aromatic hydroxyl groups is 1. The van der Waals surface area contributed by atoms with E-state index in [1.165, 1.54) is 24.3 Å². The summed E-state index contributed by atoms with van der Waals surface area (Å²) in [6, 6.07) is 19.5. The molecule has 0 atom stereocenters. The minimum atomic E-state index is -4.28. The van der Waals surface area contributed by atoms with Gasteiger partial charge in [0.05, 0.1) is 35.5 Å². The van der Waals surface area contributed by atoms with Crippen molar-refractivity contribution in [2.24, 2.45) is 0 Å². The summed E-state index contributed by atoms with van der Waals surface area (Å²) in [7, 11) is -11.3. The van der Waals surface area contributed by atoms with Gasteiger partial charge < -0.3 is 5.11 Å². The van der Waals surface area contributed by atoms with Crippen molar-refractivity contribution in [3.63, 3.8) is 0 Å². The summed E-state index contributed by atoms with van der Waals surface area (Å²) in [6.07, 6.45) is 0. The van der Waals surface area contributed by atoms with Gasteiger partial charge in [-0.15, -0.1) is 0 Å². The zero-order chi connectivity index (χ0) is 32.9. The molecule has 2 heterocycles. The predicted molar refractivity (Wildman–Crippen MR) is 180 cm³/mol. The Labute approximate surface area is 265 Å². The first kappa shape index (κ1) is 31.1. The van der Waals surface area contributed by atoms with Crippen LogP contribution in [-0.4, -0.2) is 44.2 Å². The van der Waals surface area contributed by atoms with E-state index >= 15 is 0 Å². The van der Waals surface area contributed by atoms with Gasteiger partial charge in [-0.3, -0.25) is 4.79 Å². The summed E-state index contributed by atoms with van der Waals surface area (Å²) in [6.45, 7) is 13.7. The van der Waals surface area contributed by atoms with E-state index in [0.717, 1.165) is 19.4 Å². The Morgan fingerprint density at radius 2 is 1.29 bits per heavy atom. The number of carbonyl (C=O) groups excluding carboxylic acids is 1. The zero-order valence-corrected chi connectivity index (χ0v) is 29.0. The van der Waals surface area contributed by atoms with E-state index in [-0.39, 0.29) is 49.1 Å². The van der Waals surface area contributed by atoms with Crippen molar-refractivity contribution < 1.29 is 26.7 Å². The third kappa shape index (κ3) is 4.46. The number of carbonyl (C=O) groups is 1. The third-order valence-electron chi connectivity index (χ3n) is 9.56. The summed E-state index contributed by atoms with van der Waals surface area (Å²) in [5, 5.41) is 13.1. The maximum absolute atomic E-state index is 14.5. The fourth-order valence-corrected chi connectivity index (χ4v) is 11.4. The lowest BCUT2D eigenvalue weighted by atomic mass is 10.0. The van der Waals surface area contributed by atoms with Gasteiger partial charge in [-0.05, 0) is 60.0 Å². The third-order valence-corrected chi connectivity index (χ3v) is 18.6. The van der Waals surface area contributed by atoms with E-state index in [2.05, 4.69) is 13.1 Å². The minimum Gasteiger partial charge on any atom is -0.506 e. The van der Waals surface area contributed by atoms with Gasteiger partial charge in [0.2, 0.25) is 0 Å². The van der Waals surface area contributed by atoms with Crippen molar-refractivity contribution in [2.45, 2.75) is 69.1 Å². The van der Waals surface area contributed by atoms with Crippen LogP contribution in [0.5, 0.6) is 5.75 Å². The van der Waals surface area contributed by atoms with Gasteiger partial charge in [-0.25, -0.2) is 25.1 Å². The molecule has 45 heavy (non-hydrogen) atoms. The molecule has 1 aromatic heterocycles. The highest BCUT2D eigenvalue weighted by atomic mass is 32.2. The van der Waals surface area contributed by atoms with Crippen LogP contribution in [0.25, 0.3) is 21.8 Å². The number of phenols is 1. The molecular formula is C34H36N2O6S2Si. The predicted octanol–water partition coefficient (Wildman–Crippen LogP) is 6.41. The molecular weight excluding hydrogens is 625 g/mol. The Morgan fingerprint density at radius 3 is 1.82 bits per heavy atom. The molecule has 6 rings (SSSR count). The van der Waals surface area contributed by atoms with Crippen molar-refractivity contribution in [2.75, 3.05) is 0 Å². The average Bonchev–Trinajstić information content (AvgIpc) is 3.49. The fourth-order valence-electron chi connectivity index (χ4n) is 6.10. The van der Waals surface area contributed by atoms with Crippen molar-refractivity contribution in [3.05, 3.63) is 95.1 Å². The molecule has 1 amide bonds. The topological polar surface area (TPSA) is 114 Å². The number of phenolic OH excluding ortho intramolecular Hbond substituents is 1. The smallest absolute Gasteiger partial charge is 0.268 e. The average molecular weight is 661 g/mol. The number of rotatable bonds is 5. The molecule has 0 spiro atoms. The van der Waals surface area contributed by atoms with Crippen LogP contribution in [0.3, 0.4) is 0 Å². The van der Waals surface area contributed by atoms with E-state index in [9.17, 15) is 26.7 Å². The van der Waals surface area contributed by atoms with E-state index in [1.807, 2.05) is 34.6 Å². The monoisotopic (exact) mass is 660 g/mol. The lowest BCUT2D eigenvalue weighted by Gasteiger charge is -2.39. The summed E-state index contributed by atoms with van der Waals surface area (Å²) < 4.78 is 58.8. The van der Waals surface area contributed by atoms with E-state index in [4.69, 9.17) is 0 Å². The lowest BCUT2D eigenvalue weighted by Crippen LogP contribution is -2.51. The second kappa shape index (κ2) is 10.0. The second-order valence-electron chi connectivity index (χ2n) is 13.4. The largest absolute Gasteiger partial charge is 0.506 e. The van der Waals surface area contributed by atoms with Crippen LogP contribution in [0, 0.1) is 13.8 Å². The highest BCUT2D eigenvalue weighted by molar-refractivity contribution is 7.90. The van der Waals surface area contributed by atoms with Crippen LogP contribution in [0.2, 0.25) is 18.1 Å². The number of para-hydroxylation sites is 1. The number of benzene rings is 4. The van der Waals surface area contributed by atoms with E-state index in [0.29, 0.717) is 16.1 Å². The van der Waals surface area contributed by atoms with Gasteiger partial charge in [0.1, 0.15) is 11.3 Å². The number of sulfonamides is 1. The molecule has 1 aliphatic heterocycles. The standard InChI is InChI=1S/C34H36N2O6S2Si/c1-21-12-16-23(17-13-21)43(39,40)35-20-26-29(33(35)38)28-25-10-8-9-11-27(25)36(44(41,42)24-18-14-22(2)15-19-24)30(28)31(37)32(26)45(6,7)34(3,4)5/h8-19,37H,20H2,1-7H3. The first-order valence-electron chi connectivity index (χ1n) is 14.7. The maximum atomic E-state index is 14.5. The zero-order valence-electron chi connectivity index (χ0n) is 26.3. The number of nitrogens with zero attached hydrogens (tertiary/aromatic N) is 2. The molecule has 0 fully saturated rings. The summed E-state index contributed by atoms with van der Waals surface area (Å²) in [5.74, 6) is -0.976. The summed E-state index contributed by atoms with van der Waals surface area (Å²) in [4.78, 5) is 14.5. The first-order chi connectivity index (χ1) is 20.9. The molecule has 11 heteroatoms. The molecule has 0 bridgehead atoms. The lowest BCUT2D eigenvalue weighted by molar-refractivity contribution is 0.0880. The molecule has 234 valence electrons. The SMILES string of the molecule is Cc1ccc(S(=O)(=O)N2Cc3c([Si](C)(C)C(C)(C)C)c(O)c4c(c3C2=O)c2ccccc2n4S(=O)(=O)c2ccc(C)cc2)cc1. The van der Waals surface area contributed by atoms with Crippen LogP contribution in [0.15, 0.2) is 82.6 Å². The van der Waals surface area contributed by atoms with E-state index < -0.39 is 34.0 Å². The van der Waals surface area contributed by atoms with Gasteiger partial charge in [0, 0.05) is 10.8 Å². The van der Waals surface area contributed by atoms with Crippen LogP contribution in [0.4, 0.5) is 0 Å². The van der Waals surface area contributed by atoms with Crippen LogP contribution >= 0.6 is 0 Å². The molecule has 5 aromatic rings. The highest BCUT2D eigenvalue weighted by Gasteiger charge is 2.48. The van der Waals surface area contributed by atoms with Crippen LogP contribution < -0.4 is 5.19 Å². The number of fused-ring (bicyclic) bond motifs is 5. The molecule has 0 saturated heterocycles. The van der Waals surface area contributed by atoms with Crippen molar-refractivity contribution >= 4 is 61.0 Å². The molecule has 8 nitrogen and oxygen atoms in total. The van der Waals surface area contributed by atoms with Gasteiger partial charge in [0.25, 0.3) is 26.0 Å². The normalized spacial score (nSPS) is 14.5. The van der Waals surface area contributed by atoms with Gasteiger partial charge >= 0.3 is 0 Å². The molecule has 1 aliphatic rings. The molecule has 0 unspecified atom stereocenters. The Kier molecular flexibility index (Phi) is 6.93. The molecule has 0 radical (unpaired) electrons. The summed E-state index contributed by atoms with van der Waals surface area (Å²) >= 11 is 0. The number of aryl methyl sites for hydroxylation is 2. The summed E-state index contributed by atoms with van der Waals surface area (Å²) in [5.41, 5.74) is 2.58. The number of hydrogen-bond donors (Lipinski definition) is 1. The molecule has 0 saturated carbocycles. The van der Waals surface area contributed by atoms with Gasteiger partial charge in [-0.1, -0.05) is 87.5 Å². The Hall–Kier alpha value is -3.93. The first-order valence-corrected chi connectivity index (χ1v) is 20.6.